The van der Waals surface area contributed by atoms with E-state index in [9.17, 15) is 14.4 Å². The van der Waals surface area contributed by atoms with Gasteiger partial charge >= 0.3 is 0 Å². The highest BCUT2D eigenvalue weighted by molar-refractivity contribution is 8.14. The maximum atomic E-state index is 12.1. The van der Waals surface area contributed by atoms with Crippen molar-refractivity contribution in [2.75, 3.05) is 11.1 Å². The highest BCUT2D eigenvalue weighted by atomic mass is 35.5. The fourth-order valence-electron chi connectivity index (χ4n) is 2.12. The number of carbonyl (C=O) groups excluding carboxylic acids is 3. The Morgan fingerprint density at radius 2 is 1.96 bits per heavy atom. The summed E-state index contributed by atoms with van der Waals surface area (Å²) >= 11 is 6.70. The van der Waals surface area contributed by atoms with Gasteiger partial charge in [0.05, 0.1) is 17.9 Å². The number of nitrogens with zero attached hydrogens (tertiary/aromatic N) is 2. The van der Waals surface area contributed by atoms with Crippen molar-refractivity contribution in [1.82, 2.24) is 9.88 Å². The van der Waals surface area contributed by atoms with Crippen molar-refractivity contribution in [3.63, 3.8) is 0 Å². The van der Waals surface area contributed by atoms with E-state index < -0.39 is 0 Å². The van der Waals surface area contributed by atoms with Gasteiger partial charge in [-0.1, -0.05) is 35.5 Å². The first-order valence-corrected chi connectivity index (χ1v) is 8.38. The lowest BCUT2D eigenvalue weighted by Gasteiger charge is -2.13. The van der Waals surface area contributed by atoms with Crippen molar-refractivity contribution in [2.45, 2.75) is 6.54 Å². The molecule has 8 heteroatoms. The molecule has 24 heavy (non-hydrogen) atoms. The molecule has 0 spiro atoms. The number of benzene rings is 1. The lowest BCUT2D eigenvalue weighted by molar-refractivity contribution is -0.125. The quantitative estimate of drug-likeness (QED) is 0.846. The van der Waals surface area contributed by atoms with Gasteiger partial charge in [-0.3, -0.25) is 19.3 Å². The molecule has 1 aliphatic heterocycles. The number of aromatic nitrogens is 1. The molecule has 3 rings (SSSR count). The van der Waals surface area contributed by atoms with Crippen LogP contribution in [-0.2, 0) is 11.3 Å². The molecule has 2 heterocycles. The van der Waals surface area contributed by atoms with Gasteiger partial charge in [0.2, 0.25) is 5.91 Å². The zero-order valence-electron chi connectivity index (χ0n) is 12.4. The summed E-state index contributed by atoms with van der Waals surface area (Å²) in [4.78, 5) is 40.3. The minimum atomic E-state index is -0.298. The topological polar surface area (TPSA) is 79.4 Å². The van der Waals surface area contributed by atoms with Crippen LogP contribution in [0.25, 0.3) is 0 Å². The number of imide groups is 1. The van der Waals surface area contributed by atoms with Crippen LogP contribution in [0.5, 0.6) is 0 Å². The van der Waals surface area contributed by atoms with E-state index in [0.29, 0.717) is 16.4 Å². The molecule has 1 saturated heterocycles. The number of nitrogens with one attached hydrogen (secondary N) is 1. The number of hydrogen-bond acceptors (Lipinski definition) is 5. The Balaban J connectivity index is 1.64. The summed E-state index contributed by atoms with van der Waals surface area (Å²) in [5.74, 6) is -0.284. The number of halogens is 1. The van der Waals surface area contributed by atoms with E-state index in [-0.39, 0.29) is 29.4 Å². The largest absolute Gasteiger partial charge is 0.322 e. The second kappa shape index (κ2) is 7.02. The summed E-state index contributed by atoms with van der Waals surface area (Å²) in [6.07, 6.45) is 1.40. The number of thioether (sulfide) groups is 1. The van der Waals surface area contributed by atoms with Gasteiger partial charge in [-0.25, -0.2) is 4.98 Å². The fourth-order valence-corrected chi connectivity index (χ4v) is 2.96. The number of carbonyl (C=O) groups is 3. The average molecular weight is 362 g/mol. The lowest BCUT2D eigenvalue weighted by Crippen LogP contribution is -2.27. The molecular formula is C16H12ClN3O3S. The van der Waals surface area contributed by atoms with Crippen molar-refractivity contribution in [3.05, 3.63) is 58.9 Å². The van der Waals surface area contributed by atoms with Crippen LogP contribution in [0.2, 0.25) is 5.15 Å². The molecule has 1 fully saturated rings. The van der Waals surface area contributed by atoms with Gasteiger partial charge in [0.1, 0.15) is 5.15 Å². The maximum absolute atomic E-state index is 12.1. The minimum absolute atomic E-state index is 0.183. The first kappa shape index (κ1) is 16.5. The minimum Gasteiger partial charge on any atom is -0.322 e. The highest BCUT2D eigenvalue weighted by Crippen LogP contribution is 2.22. The standard InChI is InChI=1S/C16H12ClN3O3S/c17-13-6-3-11(7-18-13)15(22)19-12-4-1-10(2-5-12)8-20-14(21)9-24-16(20)23/h1-7H,8-9H2,(H,19,22). The number of hydrogen-bond donors (Lipinski definition) is 1. The number of pyridine rings is 1. The molecule has 0 unspecified atom stereocenters. The molecule has 1 aromatic carbocycles. The Kier molecular flexibility index (Phi) is 4.82. The second-order valence-corrected chi connectivity index (χ2v) is 6.37. The van der Waals surface area contributed by atoms with Crippen LogP contribution in [0, 0.1) is 0 Å². The summed E-state index contributed by atoms with van der Waals surface area (Å²) in [7, 11) is 0. The van der Waals surface area contributed by atoms with Gasteiger partial charge in [0.15, 0.2) is 0 Å². The number of amides is 3. The van der Waals surface area contributed by atoms with Crippen LogP contribution < -0.4 is 5.32 Å². The Labute approximate surface area is 147 Å². The zero-order chi connectivity index (χ0) is 17.1. The highest BCUT2D eigenvalue weighted by Gasteiger charge is 2.29. The molecule has 0 aliphatic carbocycles. The second-order valence-electron chi connectivity index (χ2n) is 5.06. The summed E-state index contributed by atoms with van der Waals surface area (Å²) in [6, 6.07) is 10.1. The fraction of sp³-hybridized carbons (Fsp3) is 0.125. The summed E-state index contributed by atoms with van der Waals surface area (Å²) < 4.78 is 0. The van der Waals surface area contributed by atoms with Crippen molar-refractivity contribution in [2.24, 2.45) is 0 Å². The monoisotopic (exact) mass is 361 g/mol. The number of anilines is 1. The van der Waals surface area contributed by atoms with Crippen LogP contribution >= 0.6 is 23.4 Å². The molecule has 3 amide bonds. The van der Waals surface area contributed by atoms with Crippen LogP contribution in [0.3, 0.4) is 0 Å². The molecule has 0 saturated carbocycles. The van der Waals surface area contributed by atoms with Crippen molar-refractivity contribution in [1.29, 1.82) is 0 Å². The van der Waals surface area contributed by atoms with Crippen molar-refractivity contribution >= 4 is 46.1 Å². The normalized spacial score (nSPS) is 14.1. The third kappa shape index (κ3) is 3.74. The first-order chi connectivity index (χ1) is 11.5. The predicted octanol–water partition coefficient (Wildman–Crippen LogP) is 3.18. The van der Waals surface area contributed by atoms with Crippen LogP contribution in [-0.4, -0.2) is 32.7 Å². The zero-order valence-corrected chi connectivity index (χ0v) is 13.9. The van der Waals surface area contributed by atoms with E-state index >= 15 is 0 Å². The molecular weight excluding hydrogens is 350 g/mol. The Bertz CT molecular complexity index is 777. The van der Waals surface area contributed by atoms with Gasteiger partial charge in [-0.15, -0.1) is 0 Å². The first-order valence-electron chi connectivity index (χ1n) is 7.02. The van der Waals surface area contributed by atoms with Crippen LogP contribution in [0.1, 0.15) is 15.9 Å². The molecule has 1 aliphatic rings. The Morgan fingerprint density at radius 3 is 2.54 bits per heavy atom. The van der Waals surface area contributed by atoms with E-state index in [0.717, 1.165) is 17.3 Å². The molecule has 0 bridgehead atoms. The molecule has 1 aromatic heterocycles. The third-order valence-corrected chi connectivity index (χ3v) is 4.46. The van der Waals surface area contributed by atoms with E-state index in [1.807, 2.05) is 0 Å². The van der Waals surface area contributed by atoms with E-state index in [4.69, 9.17) is 11.6 Å². The molecule has 0 atom stereocenters. The summed E-state index contributed by atoms with van der Waals surface area (Å²) in [5, 5.41) is 2.83. The van der Waals surface area contributed by atoms with E-state index in [2.05, 4.69) is 10.3 Å². The van der Waals surface area contributed by atoms with Crippen molar-refractivity contribution < 1.29 is 14.4 Å². The van der Waals surface area contributed by atoms with Gasteiger partial charge in [0, 0.05) is 11.9 Å². The Morgan fingerprint density at radius 1 is 1.21 bits per heavy atom. The van der Waals surface area contributed by atoms with Crippen molar-refractivity contribution in [3.8, 4) is 0 Å². The SMILES string of the molecule is O=C(Nc1ccc(CN2C(=O)CSC2=O)cc1)c1ccc(Cl)nc1. The molecule has 122 valence electrons. The van der Waals surface area contributed by atoms with Gasteiger partial charge in [-0.05, 0) is 29.8 Å². The molecule has 1 N–H and O–H groups in total. The lowest BCUT2D eigenvalue weighted by atomic mass is 10.2. The van der Waals surface area contributed by atoms with E-state index in [1.165, 1.54) is 11.1 Å². The Hall–Kier alpha value is -2.38. The average Bonchev–Trinajstić information content (AvgIpc) is 2.89. The van der Waals surface area contributed by atoms with Gasteiger partial charge < -0.3 is 5.32 Å². The van der Waals surface area contributed by atoms with Gasteiger partial charge in [-0.2, -0.15) is 0 Å². The van der Waals surface area contributed by atoms with Gasteiger partial charge in [0.25, 0.3) is 11.1 Å². The molecule has 0 radical (unpaired) electrons. The van der Waals surface area contributed by atoms with Crippen LogP contribution in [0.15, 0.2) is 42.6 Å². The maximum Gasteiger partial charge on any atom is 0.289 e. The third-order valence-electron chi connectivity index (χ3n) is 3.38. The number of rotatable bonds is 4. The van der Waals surface area contributed by atoms with Crippen LogP contribution in [0.4, 0.5) is 10.5 Å². The molecule has 2 aromatic rings. The molecule has 6 nitrogen and oxygen atoms in total. The van der Waals surface area contributed by atoms with E-state index in [1.54, 1.807) is 36.4 Å². The smallest absolute Gasteiger partial charge is 0.289 e. The summed E-state index contributed by atoms with van der Waals surface area (Å²) in [6.45, 7) is 0.236. The summed E-state index contributed by atoms with van der Waals surface area (Å²) in [5.41, 5.74) is 1.81. The predicted molar refractivity (Wildman–Crippen MR) is 92.0 cm³/mol.